The molecule has 1 unspecified atom stereocenters. The molecule has 80 valence electrons. The van der Waals surface area contributed by atoms with Gasteiger partial charge in [0, 0.05) is 20.2 Å². The molecular formula is C12H15NO2. The molecule has 0 radical (unpaired) electrons. The molecule has 0 aliphatic carbocycles. The number of methoxy groups -OCH3 is 1. The van der Waals surface area contributed by atoms with E-state index in [0.717, 1.165) is 18.7 Å². The molecule has 15 heavy (non-hydrogen) atoms. The summed E-state index contributed by atoms with van der Waals surface area (Å²) in [7, 11) is 1.56. The van der Waals surface area contributed by atoms with E-state index in [2.05, 4.69) is 11.4 Å². The Balaban J connectivity index is 2.25. The Bertz CT molecular complexity index is 362. The Hall–Kier alpha value is -1.19. The highest BCUT2D eigenvalue weighted by molar-refractivity contribution is 5.87. The average molecular weight is 205 g/mol. The highest BCUT2D eigenvalue weighted by atomic mass is 16.5. The van der Waals surface area contributed by atoms with Crippen LogP contribution in [0, 0.1) is 0 Å². The van der Waals surface area contributed by atoms with Crippen molar-refractivity contribution in [2.24, 2.45) is 0 Å². The van der Waals surface area contributed by atoms with E-state index < -0.39 is 0 Å². The van der Waals surface area contributed by atoms with Crippen LogP contribution in [0.1, 0.15) is 17.0 Å². The number of fused-ring (bicyclic) bond motifs is 1. The van der Waals surface area contributed by atoms with Crippen LogP contribution in [0.2, 0.25) is 0 Å². The van der Waals surface area contributed by atoms with Gasteiger partial charge in [-0.3, -0.25) is 4.79 Å². The Kier molecular flexibility index (Phi) is 3.14. The lowest BCUT2D eigenvalue weighted by atomic mass is 9.88. The number of rotatable bonds is 3. The van der Waals surface area contributed by atoms with Crippen LogP contribution in [0.4, 0.5) is 0 Å². The molecule has 0 fully saturated rings. The Morgan fingerprint density at radius 3 is 3.13 bits per heavy atom. The van der Waals surface area contributed by atoms with Crippen molar-refractivity contribution in [3.63, 3.8) is 0 Å². The number of ether oxygens (including phenoxy) is 1. The molecule has 1 aliphatic rings. The van der Waals surface area contributed by atoms with Gasteiger partial charge in [0.15, 0.2) is 5.78 Å². The molecule has 1 aromatic carbocycles. The maximum Gasteiger partial charge on any atom is 0.167 e. The zero-order valence-electron chi connectivity index (χ0n) is 8.82. The molecule has 0 saturated heterocycles. The van der Waals surface area contributed by atoms with E-state index in [1.54, 1.807) is 7.11 Å². The molecule has 0 spiro atoms. The molecule has 2 rings (SSSR count). The second-order valence-corrected chi connectivity index (χ2v) is 3.78. The topological polar surface area (TPSA) is 38.3 Å². The molecule has 1 aliphatic heterocycles. The van der Waals surface area contributed by atoms with E-state index in [1.165, 1.54) is 5.56 Å². The van der Waals surface area contributed by atoms with Crippen LogP contribution in [0.5, 0.6) is 0 Å². The van der Waals surface area contributed by atoms with Gasteiger partial charge in [-0.25, -0.2) is 0 Å². The van der Waals surface area contributed by atoms with Crippen LogP contribution in [-0.4, -0.2) is 26.0 Å². The van der Waals surface area contributed by atoms with E-state index in [1.807, 2.05) is 18.2 Å². The first-order valence-corrected chi connectivity index (χ1v) is 5.13. The van der Waals surface area contributed by atoms with Gasteiger partial charge in [0.1, 0.15) is 6.61 Å². The minimum absolute atomic E-state index is 0.0464. The first-order valence-electron chi connectivity index (χ1n) is 5.13. The first-order chi connectivity index (χ1) is 7.33. The number of nitrogens with one attached hydrogen (secondary N) is 1. The zero-order chi connectivity index (χ0) is 10.7. The smallest absolute Gasteiger partial charge is 0.167 e. The van der Waals surface area contributed by atoms with Crippen molar-refractivity contribution in [2.75, 3.05) is 20.3 Å². The van der Waals surface area contributed by atoms with Crippen LogP contribution in [0.3, 0.4) is 0 Å². The van der Waals surface area contributed by atoms with Gasteiger partial charge >= 0.3 is 0 Å². The van der Waals surface area contributed by atoms with Crippen molar-refractivity contribution in [2.45, 2.75) is 12.5 Å². The SMILES string of the molecule is COCC(=O)C1CNCc2ccccc21. The van der Waals surface area contributed by atoms with Crippen LogP contribution in [-0.2, 0) is 16.1 Å². The third-order valence-electron chi connectivity index (χ3n) is 2.77. The van der Waals surface area contributed by atoms with E-state index in [0.29, 0.717) is 0 Å². The molecule has 1 heterocycles. The maximum absolute atomic E-state index is 11.8. The number of benzene rings is 1. The maximum atomic E-state index is 11.8. The zero-order valence-corrected chi connectivity index (χ0v) is 8.82. The molecule has 0 saturated carbocycles. The van der Waals surface area contributed by atoms with Crippen molar-refractivity contribution < 1.29 is 9.53 Å². The summed E-state index contributed by atoms with van der Waals surface area (Å²) in [5.74, 6) is 0.104. The van der Waals surface area contributed by atoms with E-state index in [-0.39, 0.29) is 18.3 Å². The quantitative estimate of drug-likeness (QED) is 0.802. The summed E-state index contributed by atoms with van der Waals surface area (Å²) < 4.78 is 4.89. The van der Waals surface area contributed by atoms with Crippen molar-refractivity contribution in [3.8, 4) is 0 Å². The predicted octanol–water partition coefficient (Wildman–Crippen LogP) is 1.09. The predicted molar refractivity (Wildman–Crippen MR) is 57.8 cm³/mol. The monoisotopic (exact) mass is 205 g/mol. The van der Waals surface area contributed by atoms with Gasteiger partial charge in [0.25, 0.3) is 0 Å². The van der Waals surface area contributed by atoms with Gasteiger partial charge in [-0.05, 0) is 11.1 Å². The Labute approximate surface area is 89.4 Å². The summed E-state index contributed by atoms with van der Waals surface area (Å²) in [5.41, 5.74) is 2.37. The molecule has 1 aromatic rings. The number of Topliss-reactive ketones (excluding diaryl/α,β-unsaturated/α-hetero) is 1. The minimum Gasteiger partial charge on any atom is -0.377 e. The van der Waals surface area contributed by atoms with Crippen molar-refractivity contribution in [1.29, 1.82) is 0 Å². The number of carbonyl (C=O) groups excluding carboxylic acids is 1. The third kappa shape index (κ3) is 2.08. The van der Waals surface area contributed by atoms with Gasteiger partial charge in [-0.1, -0.05) is 24.3 Å². The molecule has 1 N–H and O–H groups in total. The summed E-state index contributed by atoms with van der Waals surface area (Å²) in [6.07, 6.45) is 0. The second kappa shape index (κ2) is 4.55. The van der Waals surface area contributed by atoms with Crippen LogP contribution < -0.4 is 5.32 Å². The largest absolute Gasteiger partial charge is 0.377 e. The lowest BCUT2D eigenvalue weighted by Gasteiger charge is -2.25. The lowest BCUT2D eigenvalue weighted by molar-refractivity contribution is -0.124. The fraction of sp³-hybridized carbons (Fsp3) is 0.417. The van der Waals surface area contributed by atoms with E-state index >= 15 is 0 Å². The molecule has 0 aromatic heterocycles. The number of ketones is 1. The fourth-order valence-electron chi connectivity index (χ4n) is 2.03. The average Bonchev–Trinajstić information content (AvgIpc) is 2.28. The van der Waals surface area contributed by atoms with Crippen LogP contribution in [0.15, 0.2) is 24.3 Å². The Morgan fingerprint density at radius 2 is 2.33 bits per heavy atom. The highest BCUT2D eigenvalue weighted by Crippen LogP contribution is 2.24. The number of carbonyl (C=O) groups is 1. The van der Waals surface area contributed by atoms with Gasteiger partial charge < -0.3 is 10.1 Å². The van der Waals surface area contributed by atoms with Gasteiger partial charge in [-0.15, -0.1) is 0 Å². The number of hydrogen-bond acceptors (Lipinski definition) is 3. The Morgan fingerprint density at radius 1 is 1.53 bits per heavy atom. The molecule has 1 atom stereocenters. The van der Waals surface area contributed by atoms with Crippen LogP contribution >= 0.6 is 0 Å². The molecule has 3 nitrogen and oxygen atoms in total. The van der Waals surface area contributed by atoms with E-state index in [4.69, 9.17) is 4.74 Å². The van der Waals surface area contributed by atoms with Crippen LogP contribution in [0.25, 0.3) is 0 Å². The summed E-state index contributed by atoms with van der Waals surface area (Å²) in [4.78, 5) is 11.8. The summed E-state index contributed by atoms with van der Waals surface area (Å²) in [5, 5.41) is 3.25. The number of hydrogen-bond donors (Lipinski definition) is 1. The normalized spacial score (nSPS) is 19.7. The third-order valence-corrected chi connectivity index (χ3v) is 2.77. The summed E-state index contributed by atoms with van der Waals surface area (Å²) >= 11 is 0. The lowest BCUT2D eigenvalue weighted by Crippen LogP contribution is -2.34. The highest BCUT2D eigenvalue weighted by Gasteiger charge is 2.25. The van der Waals surface area contributed by atoms with Gasteiger partial charge in [0.2, 0.25) is 0 Å². The van der Waals surface area contributed by atoms with E-state index in [9.17, 15) is 4.79 Å². The standard InChI is InChI=1S/C12H15NO2/c1-15-8-12(14)11-7-13-6-9-4-2-3-5-10(9)11/h2-5,11,13H,6-8H2,1H3. The van der Waals surface area contributed by atoms with Gasteiger partial charge in [-0.2, -0.15) is 0 Å². The minimum atomic E-state index is -0.0464. The second-order valence-electron chi connectivity index (χ2n) is 3.78. The van der Waals surface area contributed by atoms with Crippen molar-refractivity contribution in [3.05, 3.63) is 35.4 Å². The van der Waals surface area contributed by atoms with Gasteiger partial charge in [0.05, 0.1) is 5.92 Å². The molecule has 0 amide bonds. The first kappa shape index (κ1) is 10.3. The molecule has 0 bridgehead atoms. The van der Waals surface area contributed by atoms with Crippen molar-refractivity contribution >= 4 is 5.78 Å². The summed E-state index contributed by atoms with van der Waals surface area (Å²) in [6, 6.07) is 8.09. The molecule has 3 heteroatoms. The fourth-order valence-corrected chi connectivity index (χ4v) is 2.03. The van der Waals surface area contributed by atoms with Crippen molar-refractivity contribution in [1.82, 2.24) is 5.32 Å². The summed E-state index contributed by atoms with van der Waals surface area (Å²) in [6.45, 7) is 1.77. The molecular weight excluding hydrogens is 190 g/mol.